The molecular formula is C19H27IN6O3. The summed E-state index contributed by atoms with van der Waals surface area (Å²) in [6.45, 7) is 2.01. The molecular weight excluding hydrogens is 487 g/mol. The van der Waals surface area contributed by atoms with Gasteiger partial charge >= 0.3 is 0 Å². The Hall–Kier alpha value is -2.50. The van der Waals surface area contributed by atoms with Crippen LogP contribution in [0.25, 0.3) is 0 Å². The van der Waals surface area contributed by atoms with Crippen molar-refractivity contribution in [2.24, 2.45) is 12.0 Å². The molecule has 1 saturated heterocycles. The van der Waals surface area contributed by atoms with E-state index in [1.807, 2.05) is 36.3 Å². The van der Waals surface area contributed by atoms with Gasteiger partial charge in [-0.25, -0.2) is 0 Å². The minimum atomic E-state index is 0. The fourth-order valence-corrected chi connectivity index (χ4v) is 3.27. The van der Waals surface area contributed by atoms with Gasteiger partial charge in [0.15, 0.2) is 17.5 Å². The highest BCUT2D eigenvalue weighted by atomic mass is 127. The molecule has 2 heterocycles. The van der Waals surface area contributed by atoms with Gasteiger partial charge in [-0.05, 0) is 6.07 Å². The summed E-state index contributed by atoms with van der Waals surface area (Å²) in [5.74, 6) is 2.05. The molecule has 0 aliphatic carbocycles. The van der Waals surface area contributed by atoms with Gasteiger partial charge in [0.1, 0.15) is 6.54 Å². The summed E-state index contributed by atoms with van der Waals surface area (Å²) in [5, 5.41) is 7.45. The molecule has 0 unspecified atom stereocenters. The second-order valence-electron chi connectivity index (χ2n) is 6.39. The lowest BCUT2D eigenvalue weighted by molar-refractivity contribution is -0.120. The van der Waals surface area contributed by atoms with Crippen molar-refractivity contribution in [1.82, 2.24) is 20.0 Å². The Morgan fingerprint density at radius 1 is 1.28 bits per heavy atom. The van der Waals surface area contributed by atoms with E-state index in [4.69, 9.17) is 9.47 Å². The van der Waals surface area contributed by atoms with Gasteiger partial charge in [0.05, 0.1) is 26.1 Å². The number of carbonyl (C=O) groups is 1. The maximum absolute atomic E-state index is 12.6. The van der Waals surface area contributed by atoms with Crippen LogP contribution in [0.15, 0.2) is 35.6 Å². The van der Waals surface area contributed by atoms with Crippen molar-refractivity contribution in [2.75, 3.05) is 45.8 Å². The first kappa shape index (κ1) is 22.8. The Balaban J connectivity index is 0.00000300. The fourth-order valence-electron chi connectivity index (χ4n) is 3.27. The van der Waals surface area contributed by atoms with Gasteiger partial charge in [-0.15, -0.1) is 24.0 Å². The van der Waals surface area contributed by atoms with Crippen LogP contribution in [-0.4, -0.2) is 67.4 Å². The molecule has 3 rings (SSSR count). The predicted octanol–water partition coefficient (Wildman–Crippen LogP) is 1.48. The third-order valence-electron chi connectivity index (χ3n) is 4.66. The van der Waals surface area contributed by atoms with E-state index in [2.05, 4.69) is 15.4 Å². The van der Waals surface area contributed by atoms with Crippen LogP contribution in [0.4, 0.5) is 5.69 Å². The zero-order valence-electron chi connectivity index (χ0n) is 17.1. The predicted molar refractivity (Wildman–Crippen MR) is 122 cm³/mol. The molecule has 1 aromatic heterocycles. The number of halogens is 1. The smallest absolute Gasteiger partial charge is 0.246 e. The van der Waals surface area contributed by atoms with Crippen molar-refractivity contribution in [3.63, 3.8) is 0 Å². The summed E-state index contributed by atoms with van der Waals surface area (Å²) in [4.78, 5) is 20.7. The summed E-state index contributed by atoms with van der Waals surface area (Å²) in [6, 6.07) is 5.73. The number of amides is 1. The quantitative estimate of drug-likeness (QED) is 0.370. The largest absolute Gasteiger partial charge is 0.493 e. The fraction of sp³-hybridized carbons (Fsp3) is 0.421. The molecule has 0 spiro atoms. The van der Waals surface area contributed by atoms with E-state index >= 15 is 0 Å². The summed E-state index contributed by atoms with van der Waals surface area (Å²) in [7, 11) is 6.78. The van der Waals surface area contributed by atoms with Crippen LogP contribution in [0.1, 0.15) is 5.56 Å². The standard InChI is InChI=1S/C19H26N6O3.HI/c1-20-19(21-10-14-6-5-7-16(27-3)18(14)28-4)24-8-9-25(17(26)13-24)15-11-22-23(2)12-15;/h5-7,11-12H,8-10,13H2,1-4H3,(H,20,21);1H. The molecule has 0 saturated carbocycles. The number of piperazine rings is 1. The van der Waals surface area contributed by atoms with Crippen LogP contribution < -0.4 is 19.7 Å². The number of anilines is 1. The maximum atomic E-state index is 12.6. The molecule has 2 aromatic rings. The molecule has 0 atom stereocenters. The van der Waals surface area contributed by atoms with Crippen LogP contribution in [0.3, 0.4) is 0 Å². The average molecular weight is 514 g/mol. The van der Waals surface area contributed by atoms with Gasteiger partial charge in [-0.1, -0.05) is 12.1 Å². The number of nitrogens with zero attached hydrogens (tertiary/aromatic N) is 5. The average Bonchev–Trinajstić information content (AvgIpc) is 3.14. The first-order chi connectivity index (χ1) is 13.6. The van der Waals surface area contributed by atoms with E-state index in [1.54, 1.807) is 37.0 Å². The Morgan fingerprint density at radius 3 is 2.66 bits per heavy atom. The zero-order chi connectivity index (χ0) is 20.1. The number of aryl methyl sites for hydroxylation is 1. The third kappa shape index (κ3) is 5.11. The van der Waals surface area contributed by atoms with Crippen molar-refractivity contribution in [2.45, 2.75) is 6.54 Å². The highest BCUT2D eigenvalue weighted by Crippen LogP contribution is 2.30. The molecule has 1 fully saturated rings. The van der Waals surface area contributed by atoms with Gasteiger partial charge in [0, 0.05) is 45.5 Å². The summed E-state index contributed by atoms with van der Waals surface area (Å²) >= 11 is 0. The minimum absolute atomic E-state index is 0. The SMILES string of the molecule is CN=C(NCc1cccc(OC)c1OC)N1CCN(c2cnn(C)c2)C(=O)C1.I. The van der Waals surface area contributed by atoms with Crippen LogP contribution in [0, 0.1) is 0 Å². The molecule has 1 aromatic carbocycles. The molecule has 1 N–H and O–H groups in total. The second-order valence-corrected chi connectivity index (χ2v) is 6.39. The van der Waals surface area contributed by atoms with Crippen molar-refractivity contribution in [1.29, 1.82) is 0 Å². The molecule has 10 heteroatoms. The van der Waals surface area contributed by atoms with Crippen molar-refractivity contribution in [3.8, 4) is 11.5 Å². The van der Waals surface area contributed by atoms with Gasteiger partial charge < -0.3 is 24.6 Å². The lowest BCUT2D eigenvalue weighted by Gasteiger charge is -2.35. The number of ether oxygens (including phenoxy) is 2. The Morgan fingerprint density at radius 2 is 2.07 bits per heavy atom. The van der Waals surface area contributed by atoms with Crippen molar-refractivity contribution < 1.29 is 14.3 Å². The highest BCUT2D eigenvalue weighted by molar-refractivity contribution is 14.0. The highest BCUT2D eigenvalue weighted by Gasteiger charge is 2.27. The van der Waals surface area contributed by atoms with Gasteiger partial charge in [-0.2, -0.15) is 5.10 Å². The Kier molecular flexibility index (Phi) is 8.11. The lowest BCUT2D eigenvalue weighted by atomic mass is 10.2. The molecule has 158 valence electrons. The maximum Gasteiger partial charge on any atom is 0.246 e. The van der Waals surface area contributed by atoms with Crippen LogP contribution >= 0.6 is 24.0 Å². The first-order valence-corrected chi connectivity index (χ1v) is 9.01. The third-order valence-corrected chi connectivity index (χ3v) is 4.66. The minimum Gasteiger partial charge on any atom is -0.493 e. The van der Waals surface area contributed by atoms with Crippen LogP contribution in [0.2, 0.25) is 0 Å². The molecule has 0 bridgehead atoms. The summed E-state index contributed by atoms with van der Waals surface area (Å²) < 4.78 is 12.5. The van der Waals surface area contributed by atoms with Gasteiger partial charge in [0.2, 0.25) is 5.91 Å². The number of nitrogens with one attached hydrogen (secondary N) is 1. The number of aliphatic imine (C=N–C) groups is 1. The Labute approximate surface area is 187 Å². The van der Waals surface area contributed by atoms with Crippen LogP contribution in [-0.2, 0) is 18.4 Å². The number of aromatic nitrogens is 2. The van der Waals surface area contributed by atoms with Crippen molar-refractivity contribution >= 4 is 41.5 Å². The molecule has 29 heavy (non-hydrogen) atoms. The van der Waals surface area contributed by atoms with E-state index in [1.165, 1.54) is 0 Å². The molecule has 0 radical (unpaired) electrons. The number of hydrogen-bond donors (Lipinski definition) is 1. The topological polar surface area (TPSA) is 84.2 Å². The zero-order valence-corrected chi connectivity index (χ0v) is 19.4. The van der Waals surface area contributed by atoms with E-state index in [9.17, 15) is 4.79 Å². The molecule has 1 aliphatic heterocycles. The molecule has 1 aliphatic rings. The Bertz CT molecular complexity index is 869. The van der Waals surface area contributed by atoms with E-state index in [0.29, 0.717) is 37.1 Å². The number of guanidine groups is 1. The van der Waals surface area contributed by atoms with Crippen LogP contribution in [0.5, 0.6) is 11.5 Å². The first-order valence-electron chi connectivity index (χ1n) is 9.01. The second kappa shape index (κ2) is 10.3. The molecule has 1 amide bonds. The van der Waals surface area contributed by atoms with E-state index < -0.39 is 0 Å². The lowest BCUT2D eigenvalue weighted by Crippen LogP contribution is -2.55. The number of methoxy groups -OCH3 is 2. The number of benzene rings is 1. The number of para-hydroxylation sites is 1. The van der Waals surface area contributed by atoms with E-state index in [0.717, 1.165) is 11.3 Å². The summed E-state index contributed by atoms with van der Waals surface area (Å²) in [5.41, 5.74) is 1.76. The van der Waals surface area contributed by atoms with Crippen molar-refractivity contribution in [3.05, 3.63) is 36.2 Å². The summed E-state index contributed by atoms with van der Waals surface area (Å²) in [6.07, 6.45) is 3.55. The number of carbonyl (C=O) groups excluding carboxylic acids is 1. The van der Waals surface area contributed by atoms with Gasteiger partial charge in [-0.3, -0.25) is 14.5 Å². The normalized spacial score (nSPS) is 14.5. The van der Waals surface area contributed by atoms with E-state index in [-0.39, 0.29) is 36.4 Å². The molecule has 9 nitrogen and oxygen atoms in total. The van der Waals surface area contributed by atoms with Gasteiger partial charge in [0.25, 0.3) is 0 Å². The monoisotopic (exact) mass is 514 g/mol. The number of hydrogen-bond acceptors (Lipinski definition) is 5. The number of rotatable bonds is 5.